The number of nitrogens with zero attached hydrogens (tertiary/aromatic N) is 2. The van der Waals surface area contributed by atoms with E-state index >= 15 is 4.39 Å². The van der Waals surface area contributed by atoms with Crippen molar-refractivity contribution >= 4 is 17.1 Å². The number of alkyl halides is 6. The Balaban J connectivity index is 1.90. The number of fused-ring (bicyclic) bond motifs is 1. The quantitative estimate of drug-likeness (QED) is 0.465. The van der Waals surface area contributed by atoms with Crippen molar-refractivity contribution < 1.29 is 45.0 Å². The van der Waals surface area contributed by atoms with Crippen LogP contribution >= 0.6 is 0 Å². The van der Waals surface area contributed by atoms with Gasteiger partial charge < -0.3 is 30.4 Å². The second-order valence-corrected chi connectivity index (χ2v) is 8.20. The Bertz CT molecular complexity index is 1060. The topological polar surface area (TPSA) is 106 Å². The van der Waals surface area contributed by atoms with Gasteiger partial charge in [-0.05, 0) is 19.9 Å². The van der Waals surface area contributed by atoms with Crippen LogP contribution in [0.15, 0.2) is 12.1 Å². The van der Waals surface area contributed by atoms with Gasteiger partial charge in [-0.25, -0.2) is 14.2 Å². The van der Waals surface area contributed by atoms with Gasteiger partial charge in [0.25, 0.3) is 0 Å². The van der Waals surface area contributed by atoms with Gasteiger partial charge in [0.05, 0.1) is 36.9 Å². The molecule has 1 aromatic heterocycles. The fourth-order valence-corrected chi connectivity index (χ4v) is 3.72. The molecule has 15 heteroatoms. The summed E-state index contributed by atoms with van der Waals surface area (Å²) in [5, 5.41) is 1.82. The number of ether oxygens (including phenoxy) is 2. The van der Waals surface area contributed by atoms with Crippen LogP contribution in [0.25, 0.3) is 11.0 Å². The van der Waals surface area contributed by atoms with E-state index in [1.54, 1.807) is 0 Å². The smallest absolute Gasteiger partial charge is 0.382 e. The second kappa shape index (κ2) is 9.78. The highest BCUT2D eigenvalue weighted by Gasteiger charge is 2.49. The molecule has 1 aromatic carbocycles. The predicted octanol–water partition coefficient (Wildman–Crippen LogP) is 3.70. The molecule has 8 nitrogen and oxygen atoms in total. The SMILES string of the molecule is COC[C@H](c1ccc2nc([C@@H](N)[C@@H](C)O[C@H](C)C(F)(F)F)[nH]c2c1F)N1C[C@@H](C(F)(F)F)NC1=O. The molecular formula is C20H24F7N5O3. The zero-order chi connectivity index (χ0) is 26.3. The van der Waals surface area contributed by atoms with Crippen LogP contribution in [-0.4, -0.2) is 71.8 Å². The molecule has 4 N–H and O–H groups in total. The van der Waals surface area contributed by atoms with E-state index in [1.807, 2.05) is 5.32 Å². The number of aromatic nitrogens is 2. The second-order valence-electron chi connectivity index (χ2n) is 8.20. The standard InChI is InChI=1S/C20H24F7N5O3/c1-8(35-9(2)19(22,23)24)15(28)17-29-11-5-4-10(14(21)16(11)31-17)12(7-34-3)32-6-13(20(25,26)27)30-18(32)33/h4-5,8-9,12-13,15H,6-7,28H2,1-3H3,(H,29,31)(H,30,33)/t8-,9-,12-,13+,15+/m1/s1. The number of hydrogen-bond donors (Lipinski definition) is 3. The summed E-state index contributed by atoms with van der Waals surface area (Å²) in [4.78, 5) is 19.8. The maximum absolute atomic E-state index is 15.5. The zero-order valence-corrected chi connectivity index (χ0v) is 18.8. The van der Waals surface area contributed by atoms with Crippen LogP contribution < -0.4 is 11.1 Å². The largest absolute Gasteiger partial charge is 0.414 e. The van der Waals surface area contributed by atoms with Crippen molar-refractivity contribution in [2.24, 2.45) is 5.73 Å². The van der Waals surface area contributed by atoms with E-state index in [1.165, 1.54) is 26.2 Å². The molecule has 0 bridgehead atoms. The molecule has 0 radical (unpaired) electrons. The number of carbonyl (C=O) groups excluding carboxylic acids is 1. The van der Waals surface area contributed by atoms with E-state index in [9.17, 15) is 31.1 Å². The molecule has 1 aliphatic rings. The summed E-state index contributed by atoms with van der Waals surface area (Å²) in [6.07, 6.45) is -12.5. The number of carbonyl (C=O) groups is 1. The number of H-pyrrole nitrogens is 1. The highest BCUT2D eigenvalue weighted by Crippen LogP contribution is 2.34. The number of nitrogens with two attached hydrogens (primary N) is 1. The van der Waals surface area contributed by atoms with E-state index in [0.29, 0.717) is 0 Å². The number of halogens is 7. The van der Waals surface area contributed by atoms with Gasteiger partial charge in [0.15, 0.2) is 11.9 Å². The maximum Gasteiger partial charge on any atom is 0.414 e. The van der Waals surface area contributed by atoms with Crippen molar-refractivity contribution in [1.29, 1.82) is 0 Å². The van der Waals surface area contributed by atoms with E-state index < -0.39 is 61.1 Å². The molecular weight excluding hydrogens is 491 g/mol. The van der Waals surface area contributed by atoms with E-state index in [4.69, 9.17) is 15.2 Å². The molecule has 2 amide bonds. The fourth-order valence-electron chi connectivity index (χ4n) is 3.72. The Hall–Kier alpha value is -2.65. The normalized spacial score (nSPS) is 20.7. The van der Waals surface area contributed by atoms with Gasteiger partial charge in [0, 0.05) is 12.7 Å². The number of benzene rings is 1. The summed E-state index contributed by atoms with van der Waals surface area (Å²) in [6, 6.07) is -2.95. The van der Waals surface area contributed by atoms with Crippen molar-refractivity contribution in [3.05, 3.63) is 29.3 Å². The van der Waals surface area contributed by atoms with Gasteiger partial charge in [-0.3, -0.25) is 0 Å². The number of nitrogens with one attached hydrogen (secondary N) is 2. The summed E-state index contributed by atoms with van der Waals surface area (Å²) in [6.45, 7) is 1.07. The van der Waals surface area contributed by atoms with Crippen molar-refractivity contribution in [2.75, 3.05) is 20.3 Å². The van der Waals surface area contributed by atoms with Gasteiger partial charge in [-0.2, -0.15) is 26.3 Å². The van der Waals surface area contributed by atoms with E-state index in [-0.39, 0.29) is 29.0 Å². The minimum absolute atomic E-state index is 0.0581. The lowest BCUT2D eigenvalue weighted by atomic mass is 10.0. The molecule has 1 saturated heterocycles. The van der Waals surface area contributed by atoms with Crippen LogP contribution in [-0.2, 0) is 9.47 Å². The first-order valence-electron chi connectivity index (χ1n) is 10.4. The van der Waals surface area contributed by atoms with Crippen molar-refractivity contribution in [1.82, 2.24) is 20.2 Å². The van der Waals surface area contributed by atoms with Gasteiger partial charge in [-0.15, -0.1) is 0 Å². The summed E-state index contributed by atoms with van der Waals surface area (Å²) < 4.78 is 103. The lowest BCUT2D eigenvalue weighted by Gasteiger charge is -2.27. The van der Waals surface area contributed by atoms with Crippen LogP contribution in [0.4, 0.5) is 35.5 Å². The lowest BCUT2D eigenvalue weighted by Crippen LogP contribution is -2.40. The number of amides is 2. The van der Waals surface area contributed by atoms with Crippen LogP contribution in [0, 0.1) is 5.82 Å². The third-order valence-corrected chi connectivity index (χ3v) is 5.74. The van der Waals surface area contributed by atoms with Crippen molar-refractivity contribution in [3.63, 3.8) is 0 Å². The van der Waals surface area contributed by atoms with Gasteiger partial charge >= 0.3 is 18.4 Å². The van der Waals surface area contributed by atoms with Crippen molar-refractivity contribution in [3.8, 4) is 0 Å². The summed E-state index contributed by atoms with van der Waals surface area (Å²) in [5.74, 6) is -0.978. The van der Waals surface area contributed by atoms with Gasteiger partial charge in [0.2, 0.25) is 0 Å². The Kier molecular flexibility index (Phi) is 7.53. The summed E-state index contributed by atoms with van der Waals surface area (Å²) in [7, 11) is 1.25. The number of urea groups is 1. The molecule has 0 aliphatic carbocycles. The summed E-state index contributed by atoms with van der Waals surface area (Å²) >= 11 is 0. The maximum atomic E-state index is 15.5. The molecule has 2 heterocycles. The zero-order valence-electron chi connectivity index (χ0n) is 18.8. The first-order valence-corrected chi connectivity index (χ1v) is 10.4. The number of imidazole rings is 1. The number of aromatic amines is 1. The average molecular weight is 515 g/mol. The third kappa shape index (κ3) is 5.62. The molecule has 1 fully saturated rings. The highest BCUT2D eigenvalue weighted by atomic mass is 19.4. The van der Waals surface area contributed by atoms with Gasteiger partial charge in [0.1, 0.15) is 17.4 Å². The first kappa shape index (κ1) is 26.9. The molecule has 2 aromatic rings. The minimum atomic E-state index is -4.69. The summed E-state index contributed by atoms with van der Waals surface area (Å²) in [5.41, 5.74) is 5.71. The van der Waals surface area contributed by atoms with Crippen LogP contribution in [0.5, 0.6) is 0 Å². The Morgan fingerprint density at radius 2 is 1.89 bits per heavy atom. The van der Waals surface area contributed by atoms with E-state index in [2.05, 4.69) is 9.97 Å². The number of rotatable bonds is 8. The Morgan fingerprint density at radius 3 is 2.43 bits per heavy atom. The van der Waals surface area contributed by atoms with Crippen LogP contribution in [0.3, 0.4) is 0 Å². The third-order valence-electron chi connectivity index (χ3n) is 5.74. The van der Waals surface area contributed by atoms with Crippen molar-refractivity contribution in [2.45, 2.75) is 56.5 Å². The fraction of sp³-hybridized carbons (Fsp3) is 0.600. The number of hydrogen-bond acceptors (Lipinski definition) is 5. The molecule has 1 aliphatic heterocycles. The van der Waals surface area contributed by atoms with Crippen LogP contribution in [0.2, 0.25) is 0 Å². The van der Waals surface area contributed by atoms with Crippen LogP contribution in [0.1, 0.15) is 37.3 Å². The first-order chi connectivity index (χ1) is 16.1. The molecule has 0 spiro atoms. The highest BCUT2D eigenvalue weighted by molar-refractivity contribution is 5.79. The predicted molar refractivity (Wildman–Crippen MR) is 109 cm³/mol. The Labute approximate surface area is 194 Å². The minimum Gasteiger partial charge on any atom is -0.382 e. The Morgan fingerprint density at radius 1 is 1.23 bits per heavy atom. The molecule has 196 valence electrons. The molecule has 0 unspecified atom stereocenters. The average Bonchev–Trinajstić information content (AvgIpc) is 3.35. The molecule has 5 atom stereocenters. The lowest BCUT2D eigenvalue weighted by molar-refractivity contribution is -0.227. The molecule has 3 rings (SSSR count). The molecule has 35 heavy (non-hydrogen) atoms. The van der Waals surface area contributed by atoms with E-state index in [0.717, 1.165) is 11.8 Å². The van der Waals surface area contributed by atoms with Gasteiger partial charge in [-0.1, -0.05) is 6.07 Å². The molecule has 0 saturated carbocycles. The monoisotopic (exact) mass is 515 g/mol. The number of methoxy groups -OCH3 is 1.